The van der Waals surface area contributed by atoms with Crippen LogP contribution in [0.15, 0.2) is 53.1 Å². The van der Waals surface area contributed by atoms with Crippen LogP contribution in [0.1, 0.15) is 55.2 Å². The van der Waals surface area contributed by atoms with Gasteiger partial charge < -0.3 is 9.84 Å². The Balaban J connectivity index is 1.06. The number of rotatable bonds is 8. The Labute approximate surface area is 220 Å². The molecule has 1 N–H and O–H groups in total. The summed E-state index contributed by atoms with van der Waals surface area (Å²) in [6, 6.07) is 16.8. The van der Waals surface area contributed by atoms with Crippen molar-refractivity contribution in [2.75, 3.05) is 26.2 Å². The van der Waals surface area contributed by atoms with Gasteiger partial charge in [0.2, 0.25) is 17.6 Å². The number of nitrogens with one attached hydrogen (secondary N) is 1. The Morgan fingerprint density at radius 2 is 1.81 bits per heavy atom. The second-order valence-electron chi connectivity index (χ2n) is 11.0. The van der Waals surface area contributed by atoms with E-state index < -0.39 is 0 Å². The van der Waals surface area contributed by atoms with E-state index in [-0.39, 0.29) is 11.8 Å². The molecule has 2 aliphatic heterocycles. The van der Waals surface area contributed by atoms with E-state index in [9.17, 15) is 4.79 Å². The molecule has 2 aliphatic rings. The number of amides is 1. The van der Waals surface area contributed by atoms with Gasteiger partial charge in [-0.3, -0.25) is 14.6 Å². The van der Waals surface area contributed by atoms with E-state index >= 15 is 0 Å². The number of hydrogen-bond donors (Lipinski definition) is 1. The van der Waals surface area contributed by atoms with Crippen LogP contribution in [0.3, 0.4) is 0 Å². The first-order valence-corrected chi connectivity index (χ1v) is 13.7. The fourth-order valence-electron chi connectivity index (χ4n) is 5.63. The minimum atomic E-state index is 0.0554. The zero-order chi connectivity index (χ0) is 25.6. The first-order chi connectivity index (χ1) is 18.0. The predicted molar refractivity (Wildman–Crippen MR) is 144 cm³/mol. The van der Waals surface area contributed by atoms with Gasteiger partial charge >= 0.3 is 0 Å². The van der Waals surface area contributed by atoms with Gasteiger partial charge in [0, 0.05) is 31.1 Å². The molecular formula is C30H39N5O2. The third kappa shape index (κ3) is 7.05. The molecule has 0 spiro atoms. The number of carbonyl (C=O) groups is 1. The second kappa shape index (κ2) is 12.0. The van der Waals surface area contributed by atoms with Gasteiger partial charge in [0.1, 0.15) is 0 Å². The van der Waals surface area contributed by atoms with Crippen LogP contribution >= 0.6 is 0 Å². The Kier molecular flexibility index (Phi) is 8.31. The highest BCUT2D eigenvalue weighted by Crippen LogP contribution is 2.22. The van der Waals surface area contributed by atoms with Crippen molar-refractivity contribution >= 4 is 5.91 Å². The molecule has 196 valence electrons. The van der Waals surface area contributed by atoms with E-state index in [2.05, 4.69) is 75.5 Å². The quantitative estimate of drug-likeness (QED) is 0.478. The highest BCUT2D eigenvalue weighted by molar-refractivity contribution is 5.78. The lowest BCUT2D eigenvalue weighted by Gasteiger charge is -2.31. The molecule has 0 saturated carbocycles. The minimum absolute atomic E-state index is 0.0554. The lowest BCUT2D eigenvalue weighted by molar-refractivity contribution is -0.126. The summed E-state index contributed by atoms with van der Waals surface area (Å²) in [5, 5.41) is 7.34. The Hall–Kier alpha value is -3.03. The number of likely N-dealkylation sites (tertiary alicyclic amines) is 2. The van der Waals surface area contributed by atoms with Crippen LogP contribution in [0.4, 0.5) is 0 Å². The molecule has 37 heavy (non-hydrogen) atoms. The molecule has 2 saturated heterocycles. The van der Waals surface area contributed by atoms with E-state index in [0.717, 1.165) is 44.0 Å². The normalized spacial score (nSPS) is 19.7. The first-order valence-electron chi connectivity index (χ1n) is 13.7. The van der Waals surface area contributed by atoms with E-state index in [4.69, 9.17) is 4.52 Å². The molecule has 3 heterocycles. The number of aryl methyl sites for hydroxylation is 1. The average molecular weight is 502 g/mol. The maximum absolute atomic E-state index is 12.9. The molecule has 7 nitrogen and oxygen atoms in total. The van der Waals surface area contributed by atoms with E-state index in [1.807, 2.05) is 12.1 Å². The zero-order valence-corrected chi connectivity index (χ0v) is 22.2. The summed E-state index contributed by atoms with van der Waals surface area (Å²) in [7, 11) is 0. The summed E-state index contributed by atoms with van der Waals surface area (Å²) in [5.41, 5.74) is 4.65. The molecule has 0 radical (unpaired) electrons. The predicted octanol–water partition coefficient (Wildman–Crippen LogP) is 4.81. The van der Waals surface area contributed by atoms with Crippen LogP contribution in [0.25, 0.3) is 11.4 Å². The lowest BCUT2D eigenvalue weighted by Crippen LogP contribution is -2.40. The molecule has 5 rings (SSSR count). The van der Waals surface area contributed by atoms with Crippen LogP contribution in [0, 0.1) is 18.8 Å². The summed E-state index contributed by atoms with van der Waals surface area (Å²) in [6.45, 7) is 10.7. The van der Waals surface area contributed by atoms with Gasteiger partial charge in [-0.25, -0.2) is 0 Å². The fourth-order valence-corrected chi connectivity index (χ4v) is 5.63. The number of carbonyl (C=O) groups excluding carboxylic acids is 1. The van der Waals surface area contributed by atoms with Gasteiger partial charge in [0.05, 0.1) is 6.54 Å². The van der Waals surface area contributed by atoms with Crippen LogP contribution in [0.2, 0.25) is 0 Å². The van der Waals surface area contributed by atoms with Crippen molar-refractivity contribution in [3.63, 3.8) is 0 Å². The Bertz CT molecular complexity index is 1180. The smallest absolute Gasteiger partial charge is 0.241 e. The third-order valence-corrected chi connectivity index (χ3v) is 7.67. The van der Waals surface area contributed by atoms with Gasteiger partial charge in [0.15, 0.2) is 0 Å². The van der Waals surface area contributed by atoms with E-state index in [1.165, 1.54) is 42.6 Å². The molecule has 1 aromatic heterocycles. The Morgan fingerprint density at radius 3 is 2.62 bits per heavy atom. The van der Waals surface area contributed by atoms with Crippen molar-refractivity contribution in [2.24, 2.45) is 11.8 Å². The fraction of sp³-hybridized carbons (Fsp3) is 0.500. The summed E-state index contributed by atoms with van der Waals surface area (Å²) in [4.78, 5) is 22.3. The monoisotopic (exact) mass is 501 g/mol. The summed E-state index contributed by atoms with van der Waals surface area (Å²) in [6.07, 6.45) is 4.32. The van der Waals surface area contributed by atoms with E-state index in [1.54, 1.807) is 0 Å². The van der Waals surface area contributed by atoms with Crippen LogP contribution in [0.5, 0.6) is 0 Å². The van der Waals surface area contributed by atoms with Crippen LogP contribution in [-0.4, -0.2) is 52.0 Å². The van der Waals surface area contributed by atoms with Crippen molar-refractivity contribution in [3.05, 3.63) is 71.1 Å². The molecule has 2 aromatic carbocycles. The van der Waals surface area contributed by atoms with Gasteiger partial charge in [-0.1, -0.05) is 60.1 Å². The number of benzene rings is 2. The molecule has 2 fully saturated rings. The third-order valence-electron chi connectivity index (χ3n) is 7.67. The average Bonchev–Trinajstić information content (AvgIpc) is 3.36. The SMILES string of the molecule is Cc1cccc(-c2noc(CN3CCC(C(=O)NCc4cccc(CN5CCCC(C)C5)c4)CC3)n2)c1. The number of nitrogens with zero attached hydrogens (tertiary/aromatic N) is 4. The van der Waals surface area contributed by atoms with Gasteiger partial charge in [0.25, 0.3) is 0 Å². The lowest BCUT2D eigenvalue weighted by atomic mass is 9.95. The van der Waals surface area contributed by atoms with Crippen molar-refractivity contribution in [1.29, 1.82) is 0 Å². The van der Waals surface area contributed by atoms with Crippen LogP contribution in [-0.2, 0) is 24.4 Å². The molecule has 1 unspecified atom stereocenters. The summed E-state index contributed by atoms with van der Waals surface area (Å²) in [5.74, 6) is 2.25. The standard InChI is InChI=1S/C30H39N5O2/c1-22-6-3-10-27(16-22)29-32-28(37-33-29)21-34-14-11-26(12-15-34)30(36)31-18-24-8-4-9-25(17-24)20-35-13-5-7-23(2)19-35/h3-4,6,8-10,16-17,23,26H,5,7,11-15,18-21H2,1-2H3,(H,31,36). The minimum Gasteiger partial charge on any atom is -0.352 e. The van der Waals surface area contributed by atoms with Crippen molar-refractivity contribution < 1.29 is 9.32 Å². The van der Waals surface area contributed by atoms with Crippen LogP contribution < -0.4 is 5.32 Å². The van der Waals surface area contributed by atoms with Crippen molar-refractivity contribution in [1.82, 2.24) is 25.3 Å². The van der Waals surface area contributed by atoms with Gasteiger partial charge in [-0.2, -0.15) is 4.98 Å². The van der Waals surface area contributed by atoms with Gasteiger partial charge in [-0.05, 0) is 75.4 Å². The molecule has 3 aromatic rings. The molecule has 7 heteroatoms. The topological polar surface area (TPSA) is 74.5 Å². The van der Waals surface area contributed by atoms with Crippen molar-refractivity contribution in [3.8, 4) is 11.4 Å². The molecule has 0 bridgehead atoms. The second-order valence-corrected chi connectivity index (χ2v) is 11.0. The number of piperidine rings is 2. The maximum atomic E-state index is 12.9. The number of aromatic nitrogens is 2. The van der Waals surface area contributed by atoms with E-state index in [0.29, 0.717) is 24.8 Å². The summed E-state index contributed by atoms with van der Waals surface area (Å²) >= 11 is 0. The molecule has 1 atom stereocenters. The summed E-state index contributed by atoms with van der Waals surface area (Å²) < 4.78 is 5.50. The van der Waals surface area contributed by atoms with Crippen molar-refractivity contribution in [2.45, 2.75) is 59.2 Å². The molecular weight excluding hydrogens is 462 g/mol. The largest absolute Gasteiger partial charge is 0.352 e. The molecule has 1 amide bonds. The highest BCUT2D eigenvalue weighted by Gasteiger charge is 2.26. The first kappa shape index (κ1) is 25.6. The number of hydrogen-bond acceptors (Lipinski definition) is 6. The Morgan fingerprint density at radius 1 is 1.00 bits per heavy atom. The maximum Gasteiger partial charge on any atom is 0.241 e. The zero-order valence-electron chi connectivity index (χ0n) is 22.2. The molecule has 0 aliphatic carbocycles. The van der Waals surface area contributed by atoms with Gasteiger partial charge in [-0.15, -0.1) is 0 Å². The highest BCUT2D eigenvalue weighted by atomic mass is 16.5.